The number of rotatable bonds is 4. The Labute approximate surface area is 94.3 Å². The minimum Gasteiger partial charge on any atom is -0.350 e. The molecule has 0 aromatic carbocycles. The average molecular weight is 213 g/mol. The van der Waals surface area contributed by atoms with Gasteiger partial charge in [0.25, 0.3) is 0 Å². The van der Waals surface area contributed by atoms with E-state index in [1.54, 1.807) is 0 Å². The van der Waals surface area contributed by atoms with Gasteiger partial charge in [-0.15, -0.1) is 0 Å². The molecule has 0 aromatic heterocycles. The predicted octanol–water partition coefficient (Wildman–Crippen LogP) is 3.56. The first-order valence-electron chi connectivity index (χ1n) is 6.29. The Hall–Kier alpha value is -0.0800. The molecule has 1 aliphatic heterocycles. The summed E-state index contributed by atoms with van der Waals surface area (Å²) in [4.78, 5) is 0. The second-order valence-electron chi connectivity index (χ2n) is 4.64. The van der Waals surface area contributed by atoms with Gasteiger partial charge in [0.15, 0.2) is 5.79 Å². The summed E-state index contributed by atoms with van der Waals surface area (Å²) in [5, 5.41) is 0. The molecule has 15 heavy (non-hydrogen) atoms. The van der Waals surface area contributed by atoms with E-state index in [1.807, 2.05) is 0 Å². The molecular weight excluding hydrogens is 188 g/mol. The lowest BCUT2D eigenvalue weighted by Gasteiger charge is -2.37. The van der Waals surface area contributed by atoms with Gasteiger partial charge in [0.2, 0.25) is 0 Å². The van der Waals surface area contributed by atoms with Crippen molar-refractivity contribution in [3.05, 3.63) is 6.42 Å². The quantitative estimate of drug-likeness (QED) is 0.711. The summed E-state index contributed by atoms with van der Waals surface area (Å²) in [5.41, 5.74) is 0. The molecular formula is C13H25O2. The molecule has 1 fully saturated rings. The van der Waals surface area contributed by atoms with Crippen molar-refractivity contribution < 1.29 is 9.47 Å². The fourth-order valence-corrected chi connectivity index (χ4v) is 2.18. The second-order valence-corrected chi connectivity index (χ2v) is 4.64. The molecule has 1 rings (SSSR count). The molecule has 0 aliphatic carbocycles. The lowest BCUT2D eigenvalue weighted by molar-refractivity contribution is -0.269. The van der Waals surface area contributed by atoms with Gasteiger partial charge in [0, 0.05) is 5.92 Å². The maximum Gasteiger partial charge on any atom is 0.170 e. The smallest absolute Gasteiger partial charge is 0.170 e. The summed E-state index contributed by atoms with van der Waals surface area (Å²) >= 11 is 0. The van der Waals surface area contributed by atoms with Crippen molar-refractivity contribution in [2.45, 2.75) is 65.3 Å². The van der Waals surface area contributed by atoms with Gasteiger partial charge in [0.1, 0.15) is 0 Å². The largest absolute Gasteiger partial charge is 0.350 e. The van der Waals surface area contributed by atoms with Crippen LogP contribution in [-0.2, 0) is 9.47 Å². The Morgan fingerprint density at radius 1 is 1.40 bits per heavy atom. The maximum absolute atomic E-state index is 6.17. The molecule has 2 unspecified atom stereocenters. The first kappa shape index (κ1) is 13.0. The Morgan fingerprint density at radius 2 is 2.13 bits per heavy atom. The molecule has 0 bridgehead atoms. The SMILES string of the molecule is CCCC1[CH]CCOC(CC)(C(C)C)O1. The molecule has 2 heteroatoms. The molecule has 0 aromatic rings. The molecule has 1 aliphatic rings. The van der Waals surface area contributed by atoms with Crippen LogP contribution in [0.15, 0.2) is 0 Å². The zero-order valence-corrected chi connectivity index (χ0v) is 10.6. The Morgan fingerprint density at radius 3 is 2.67 bits per heavy atom. The molecule has 1 heterocycles. The van der Waals surface area contributed by atoms with Crippen LogP contribution in [0.3, 0.4) is 0 Å². The molecule has 0 saturated carbocycles. The highest BCUT2D eigenvalue weighted by Gasteiger charge is 2.38. The van der Waals surface area contributed by atoms with E-state index in [-0.39, 0.29) is 11.9 Å². The molecule has 2 nitrogen and oxygen atoms in total. The van der Waals surface area contributed by atoms with Crippen LogP contribution < -0.4 is 0 Å². The third-order valence-corrected chi connectivity index (χ3v) is 3.19. The minimum absolute atomic E-state index is 0.278. The van der Waals surface area contributed by atoms with Crippen LogP contribution in [0.2, 0.25) is 0 Å². The fraction of sp³-hybridized carbons (Fsp3) is 0.923. The van der Waals surface area contributed by atoms with Crippen LogP contribution >= 0.6 is 0 Å². The molecule has 1 radical (unpaired) electrons. The van der Waals surface area contributed by atoms with Gasteiger partial charge in [-0.2, -0.15) is 0 Å². The molecule has 2 atom stereocenters. The van der Waals surface area contributed by atoms with Crippen LogP contribution in [0.1, 0.15) is 53.4 Å². The monoisotopic (exact) mass is 213 g/mol. The highest BCUT2D eigenvalue weighted by Crippen LogP contribution is 2.33. The van der Waals surface area contributed by atoms with Crippen LogP contribution in [0.25, 0.3) is 0 Å². The van der Waals surface area contributed by atoms with E-state index >= 15 is 0 Å². The van der Waals surface area contributed by atoms with Gasteiger partial charge in [-0.25, -0.2) is 0 Å². The van der Waals surface area contributed by atoms with Gasteiger partial charge < -0.3 is 9.47 Å². The average Bonchev–Trinajstić information content (AvgIpc) is 2.42. The van der Waals surface area contributed by atoms with E-state index in [9.17, 15) is 0 Å². The van der Waals surface area contributed by atoms with Crippen molar-refractivity contribution in [2.75, 3.05) is 6.61 Å². The van der Waals surface area contributed by atoms with Crippen molar-refractivity contribution in [1.29, 1.82) is 0 Å². The summed E-state index contributed by atoms with van der Waals surface area (Å²) in [6, 6.07) is 0. The fourth-order valence-electron chi connectivity index (χ4n) is 2.18. The van der Waals surface area contributed by atoms with E-state index in [0.717, 1.165) is 25.9 Å². The number of hydrogen-bond acceptors (Lipinski definition) is 2. The van der Waals surface area contributed by atoms with E-state index in [1.165, 1.54) is 6.42 Å². The normalized spacial score (nSPS) is 33.0. The molecule has 0 amide bonds. The van der Waals surface area contributed by atoms with Crippen LogP contribution in [0.5, 0.6) is 0 Å². The minimum atomic E-state index is -0.354. The van der Waals surface area contributed by atoms with Gasteiger partial charge >= 0.3 is 0 Å². The standard InChI is InChI=1S/C13H25O2/c1-5-8-12-9-7-10-14-13(6-2,15-12)11(3)4/h9,11-12H,5-8,10H2,1-4H3. The van der Waals surface area contributed by atoms with Crippen LogP contribution in [-0.4, -0.2) is 18.5 Å². The van der Waals surface area contributed by atoms with Gasteiger partial charge in [-0.05, 0) is 25.7 Å². The number of ether oxygens (including phenoxy) is 2. The molecule has 0 N–H and O–H groups in total. The van der Waals surface area contributed by atoms with Crippen LogP contribution in [0.4, 0.5) is 0 Å². The Bertz CT molecular complexity index is 179. The predicted molar refractivity (Wildman–Crippen MR) is 62.5 cm³/mol. The summed E-state index contributed by atoms with van der Waals surface area (Å²) in [5.74, 6) is 0.0562. The van der Waals surface area contributed by atoms with Crippen molar-refractivity contribution in [3.63, 3.8) is 0 Å². The lowest BCUT2D eigenvalue weighted by Crippen LogP contribution is -2.42. The topological polar surface area (TPSA) is 18.5 Å². The van der Waals surface area contributed by atoms with Gasteiger partial charge in [-0.3, -0.25) is 0 Å². The molecule has 0 spiro atoms. The lowest BCUT2D eigenvalue weighted by atomic mass is 9.99. The summed E-state index contributed by atoms with van der Waals surface area (Å²) < 4.78 is 12.1. The third-order valence-electron chi connectivity index (χ3n) is 3.19. The van der Waals surface area contributed by atoms with Gasteiger partial charge in [0.05, 0.1) is 12.7 Å². The van der Waals surface area contributed by atoms with Crippen molar-refractivity contribution in [1.82, 2.24) is 0 Å². The Kier molecular flexibility index (Phi) is 5.07. The van der Waals surface area contributed by atoms with E-state index in [4.69, 9.17) is 9.47 Å². The van der Waals surface area contributed by atoms with Crippen molar-refractivity contribution >= 4 is 0 Å². The first-order chi connectivity index (χ1) is 7.14. The third kappa shape index (κ3) is 3.18. The zero-order valence-electron chi connectivity index (χ0n) is 10.6. The van der Waals surface area contributed by atoms with E-state index < -0.39 is 0 Å². The van der Waals surface area contributed by atoms with E-state index in [0.29, 0.717) is 5.92 Å². The maximum atomic E-state index is 6.17. The summed E-state index contributed by atoms with van der Waals surface area (Å²) in [6.07, 6.45) is 6.76. The Balaban J connectivity index is 2.68. The van der Waals surface area contributed by atoms with Gasteiger partial charge in [-0.1, -0.05) is 34.1 Å². The number of hydrogen-bond donors (Lipinski definition) is 0. The molecule has 1 saturated heterocycles. The second kappa shape index (κ2) is 5.86. The van der Waals surface area contributed by atoms with Crippen molar-refractivity contribution in [2.24, 2.45) is 5.92 Å². The zero-order chi connectivity index (χ0) is 11.3. The first-order valence-corrected chi connectivity index (χ1v) is 6.29. The molecule has 89 valence electrons. The summed E-state index contributed by atoms with van der Waals surface area (Å²) in [7, 11) is 0. The highest BCUT2D eigenvalue weighted by atomic mass is 16.7. The van der Waals surface area contributed by atoms with Crippen LogP contribution in [0, 0.1) is 12.3 Å². The highest BCUT2D eigenvalue weighted by molar-refractivity contribution is 4.85. The van der Waals surface area contributed by atoms with Crippen molar-refractivity contribution in [3.8, 4) is 0 Å². The summed E-state index contributed by atoms with van der Waals surface area (Å²) in [6.45, 7) is 9.50. The van der Waals surface area contributed by atoms with E-state index in [2.05, 4.69) is 34.1 Å².